The van der Waals surface area contributed by atoms with Crippen LogP contribution in [0.2, 0.25) is 0 Å². The van der Waals surface area contributed by atoms with Gasteiger partial charge in [-0.15, -0.1) is 0 Å². The van der Waals surface area contributed by atoms with Crippen LogP contribution < -0.4 is 16.4 Å². The van der Waals surface area contributed by atoms with E-state index in [1.807, 2.05) is 31.2 Å². The summed E-state index contributed by atoms with van der Waals surface area (Å²) in [6.45, 7) is 4.97. The number of aliphatic hydroxyl groups is 1. The highest BCUT2D eigenvalue weighted by Crippen LogP contribution is 2.35. The van der Waals surface area contributed by atoms with Crippen LogP contribution in [0, 0.1) is 0 Å². The van der Waals surface area contributed by atoms with Crippen molar-refractivity contribution in [3.05, 3.63) is 76.5 Å². The third-order valence-corrected chi connectivity index (χ3v) is 6.09. The van der Waals surface area contributed by atoms with Crippen molar-refractivity contribution < 1.29 is 5.11 Å². The average molecular weight is 405 g/mol. The number of nitrogens with zero attached hydrogens (tertiary/aromatic N) is 1. The lowest BCUT2D eigenvalue weighted by Crippen LogP contribution is -2.23. The molecule has 4 rings (SSSR count). The van der Waals surface area contributed by atoms with Crippen LogP contribution in [-0.2, 0) is 6.61 Å². The maximum absolute atomic E-state index is 9.32. The molecule has 0 amide bonds. The van der Waals surface area contributed by atoms with Gasteiger partial charge >= 0.3 is 0 Å². The van der Waals surface area contributed by atoms with Gasteiger partial charge in [-0.2, -0.15) is 0 Å². The van der Waals surface area contributed by atoms with Gasteiger partial charge < -0.3 is 26.4 Å². The van der Waals surface area contributed by atoms with Gasteiger partial charge in [0.25, 0.3) is 0 Å². The van der Waals surface area contributed by atoms with Gasteiger partial charge in [0.15, 0.2) is 0 Å². The summed E-state index contributed by atoms with van der Waals surface area (Å²) in [7, 11) is 2.17. The zero-order chi connectivity index (χ0) is 21.1. The standard InChI is InChI=1S/C25H32N4O/c1-17(26)25-22-8-5-20(19-10-13-29(2)14-11-19)15-23(22)24(9-12-27-25)28-21-6-3-18(16-30)4-7-21/h3-8,10,15,24,27-28,30H,9,11-14,16,26H2,1-2H3/b25-17-. The van der Waals surface area contributed by atoms with Crippen LogP contribution in [0.3, 0.4) is 0 Å². The molecule has 2 aromatic carbocycles. The van der Waals surface area contributed by atoms with E-state index < -0.39 is 0 Å². The summed E-state index contributed by atoms with van der Waals surface area (Å²) in [4.78, 5) is 2.34. The molecule has 0 fully saturated rings. The van der Waals surface area contributed by atoms with Gasteiger partial charge in [0, 0.05) is 36.6 Å². The minimum absolute atomic E-state index is 0.0635. The maximum atomic E-state index is 9.32. The molecule has 0 aliphatic carbocycles. The number of likely N-dealkylation sites (N-methyl/N-ethyl adjacent to an activating group) is 1. The Kier molecular flexibility index (Phi) is 6.11. The van der Waals surface area contributed by atoms with Gasteiger partial charge in [-0.25, -0.2) is 0 Å². The van der Waals surface area contributed by atoms with E-state index >= 15 is 0 Å². The van der Waals surface area contributed by atoms with Gasteiger partial charge in [0.2, 0.25) is 0 Å². The zero-order valence-corrected chi connectivity index (χ0v) is 17.9. The molecule has 0 radical (unpaired) electrons. The number of anilines is 1. The number of rotatable bonds is 4. The molecule has 0 aromatic heterocycles. The van der Waals surface area contributed by atoms with Gasteiger partial charge in [-0.1, -0.05) is 30.3 Å². The van der Waals surface area contributed by atoms with Crippen molar-refractivity contribution in [2.24, 2.45) is 5.73 Å². The molecule has 2 aliphatic rings. The van der Waals surface area contributed by atoms with Gasteiger partial charge in [-0.3, -0.25) is 0 Å². The first-order valence-corrected chi connectivity index (χ1v) is 10.7. The van der Waals surface area contributed by atoms with Crippen molar-refractivity contribution in [3.8, 4) is 0 Å². The van der Waals surface area contributed by atoms with Gasteiger partial charge in [0.05, 0.1) is 18.3 Å². The first-order valence-electron chi connectivity index (χ1n) is 10.7. The van der Waals surface area contributed by atoms with E-state index in [1.54, 1.807) is 0 Å². The molecule has 0 bridgehead atoms. The molecule has 0 saturated heterocycles. The van der Waals surface area contributed by atoms with E-state index in [4.69, 9.17) is 5.73 Å². The Bertz CT molecular complexity index is 958. The predicted octanol–water partition coefficient (Wildman–Crippen LogP) is 3.69. The van der Waals surface area contributed by atoms with E-state index in [1.165, 1.54) is 22.3 Å². The summed E-state index contributed by atoms with van der Waals surface area (Å²) in [5.41, 5.74) is 15.3. The smallest absolute Gasteiger partial charge is 0.0681 e. The van der Waals surface area contributed by atoms with Crippen LogP contribution in [0.5, 0.6) is 0 Å². The number of nitrogens with two attached hydrogens (primary N) is 1. The molecule has 1 atom stereocenters. The third-order valence-electron chi connectivity index (χ3n) is 6.09. The van der Waals surface area contributed by atoms with Gasteiger partial charge in [0.1, 0.15) is 0 Å². The largest absolute Gasteiger partial charge is 0.401 e. The minimum atomic E-state index is 0.0635. The number of fused-ring (bicyclic) bond motifs is 1. The van der Waals surface area contributed by atoms with Crippen molar-refractivity contribution in [1.29, 1.82) is 0 Å². The molecule has 2 heterocycles. The Morgan fingerprint density at radius 3 is 2.70 bits per heavy atom. The fourth-order valence-corrected chi connectivity index (χ4v) is 4.31. The molecular formula is C25H32N4O. The molecule has 5 nitrogen and oxygen atoms in total. The van der Waals surface area contributed by atoms with Crippen molar-refractivity contribution in [1.82, 2.24) is 10.2 Å². The molecular weight excluding hydrogens is 372 g/mol. The van der Waals surface area contributed by atoms with Crippen LogP contribution >= 0.6 is 0 Å². The van der Waals surface area contributed by atoms with E-state index in [9.17, 15) is 5.11 Å². The normalized spacial score (nSPS) is 21.2. The number of benzene rings is 2. The second-order valence-electron chi connectivity index (χ2n) is 8.37. The van der Waals surface area contributed by atoms with Crippen molar-refractivity contribution in [2.45, 2.75) is 32.4 Å². The Morgan fingerprint density at radius 1 is 1.23 bits per heavy atom. The lowest BCUT2D eigenvalue weighted by molar-refractivity contribution is 0.282. The number of hydrogen-bond acceptors (Lipinski definition) is 5. The second-order valence-corrected chi connectivity index (χ2v) is 8.37. The number of nitrogens with one attached hydrogen (secondary N) is 2. The molecule has 158 valence electrons. The highest BCUT2D eigenvalue weighted by molar-refractivity contribution is 5.75. The fraction of sp³-hybridized carbons (Fsp3) is 0.360. The van der Waals surface area contributed by atoms with Crippen LogP contribution in [-0.4, -0.2) is 36.7 Å². The van der Waals surface area contributed by atoms with E-state index in [0.29, 0.717) is 0 Å². The van der Waals surface area contributed by atoms with Crippen molar-refractivity contribution >= 4 is 17.0 Å². The monoisotopic (exact) mass is 404 g/mol. The number of aliphatic hydroxyl groups excluding tert-OH is 1. The number of allylic oxidation sites excluding steroid dienone is 1. The third kappa shape index (κ3) is 4.37. The molecule has 0 saturated carbocycles. The van der Waals surface area contributed by atoms with Crippen molar-refractivity contribution in [2.75, 3.05) is 32.0 Å². The van der Waals surface area contributed by atoms with Crippen LogP contribution in [0.4, 0.5) is 5.69 Å². The van der Waals surface area contributed by atoms with Gasteiger partial charge in [-0.05, 0) is 67.3 Å². The Labute approximate surface area is 179 Å². The highest BCUT2D eigenvalue weighted by Gasteiger charge is 2.23. The summed E-state index contributed by atoms with van der Waals surface area (Å²) in [6, 6.07) is 15.0. The minimum Gasteiger partial charge on any atom is -0.401 e. The molecule has 2 aromatic rings. The molecule has 1 unspecified atom stereocenters. The molecule has 5 N–H and O–H groups in total. The first kappa shape index (κ1) is 20.5. The van der Waals surface area contributed by atoms with E-state index in [-0.39, 0.29) is 12.6 Å². The lowest BCUT2D eigenvalue weighted by atomic mass is 9.90. The van der Waals surface area contributed by atoms with Crippen molar-refractivity contribution in [3.63, 3.8) is 0 Å². The summed E-state index contributed by atoms with van der Waals surface area (Å²) in [6.07, 6.45) is 4.38. The Morgan fingerprint density at radius 2 is 2.03 bits per heavy atom. The summed E-state index contributed by atoms with van der Waals surface area (Å²) in [5, 5.41) is 16.6. The molecule has 30 heavy (non-hydrogen) atoms. The molecule has 2 aliphatic heterocycles. The summed E-state index contributed by atoms with van der Waals surface area (Å²) >= 11 is 0. The quantitative estimate of drug-likeness (QED) is 0.625. The first-order chi connectivity index (χ1) is 14.5. The predicted molar refractivity (Wildman–Crippen MR) is 125 cm³/mol. The van der Waals surface area contributed by atoms with E-state index in [0.717, 1.165) is 55.1 Å². The fourth-order valence-electron chi connectivity index (χ4n) is 4.31. The van der Waals surface area contributed by atoms with Crippen LogP contribution in [0.25, 0.3) is 11.3 Å². The molecule has 0 spiro atoms. The second kappa shape index (κ2) is 8.94. The topological polar surface area (TPSA) is 73.5 Å². The number of hydrogen-bond donors (Lipinski definition) is 4. The van der Waals surface area contributed by atoms with E-state index in [2.05, 4.69) is 46.9 Å². The van der Waals surface area contributed by atoms with Crippen LogP contribution in [0.15, 0.2) is 54.2 Å². The van der Waals surface area contributed by atoms with Crippen LogP contribution in [0.1, 0.15) is 48.1 Å². The maximum Gasteiger partial charge on any atom is 0.0681 e. The summed E-state index contributed by atoms with van der Waals surface area (Å²) < 4.78 is 0. The summed E-state index contributed by atoms with van der Waals surface area (Å²) in [5.74, 6) is 0. The highest BCUT2D eigenvalue weighted by atomic mass is 16.3. The zero-order valence-electron chi connectivity index (χ0n) is 17.9. The Balaban J connectivity index is 1.72. The molecule has 5 heteroatoms. The lowest BCUT2D eigenvalue weighted by Gasteiger charge is -2.25. The SMILES string of the molecule is C/C(N)=C1/NCCC(Nc2ccc(CO)cc2)c2cc(C3=CCN(C)CC3)ccc21. The Hall–Kier alpha value is -2.76. The average Bonchev–Trinajstić information content (AvgIpc) is 2.94.